The molecule has 0 saturated carbocycles. The first kappa shape index (κ1) is 84.8. The average Bonchev–Trinajstić information content (AvgIpc) is 1.56. The molecular formula is C131H80N12OS2. The normalized spacial score (nSPS) is 11.7. The minimum absolute atomic E-state index is 0.562. The van der Waals surface area contributed by atoms with Crippen LogP contribution in [0.25, 0.3) is 280 Å². The van der Waals surface area contributed by atoms with Crippen molar-refractivity contribution in [2.24, 2.45) is 0 Å². The smallest absolute Gasteiger partial charge is 0.167 e. The quantitative estimate of drug-likeness (QED) is 0.109. The molecule has 0 N–H and O–H groups in total. The summed E-state index contributed by atoms with van der Waals surface area (Å²) >= 11 is 3.65. The van der Waals surface area contributed by atoms with Crippen molar-refractivity contribution in [2.45, 2.75) is 0 Å². The number of benzene rings is 21. The maximum Gasteiger partial charge on any atom is 0.167 e. The minimum Gasteiger partial charge on any atom is -0.455 e. The summed E-state index contributed by atoms with van der Waals surface area (Å²) in [5, 5.41) is 18.9. The molecule has 0 aliphatic rings. The summed E-state index contributed by atoms with van der Waals surface area (Å²) < 4.78 is 18.7. The van der Waals surface area contributed by atoms with Crippen LogP contribution in [0.2, 0.25) is 0 Å². The van der Waals surface area contributed by atoms with Gasteiger partial charge in [0.1, 0.15) is 11.2 Å². The van der Waals surface area contributed by atoms with E-state index in [1.54, 1.807) is 0 Å². The molecule has 0 aliphatic heterocycles. The topological polar surface area (TPSA) is 144 Å². The van der Waals surface area contributed by atoms with Crippen LogP contribution in [0.5, 0.6) is 0 Å². The number of nitrogens with zero attached hydrogens (tertiary/aromatic N) is 12. The molecule has 13 nitrogen and oxygen atoms in total. The van der Waals surface area contributed by atoms with Gasteiger partial charge in [0.25, 0.3) is 0 Å². The van der Waals surface area contributed by atoms with E-state index in [1.807, 2.05) is 102 Å². The second-order valence-corrected chi connectivity index (χ2v) is 38.6. The molecule has 682 valence electrons. The molecule has 9 heterocycles. The fraction of sp³-hybridized carbons (Fsp3) is 0. The second kappa shape index (κ2) is 35.5. The van der Waals surface area contributed by atoms with Crippen molar-refractivity contribution in [1.29, 1.82) is 0 Å². The van der Waals surface area contributed by atoms with Gasteiger partial charge < -0.3 is 18.1 Å². The standard InChI is InChI=1S/C45H28N4S.C43H26N4O.C43H26N4S/c1-4-13-29(14-5-1)31-23-25-40-37(27-31)38-28-32(24-26-41(38)50-40)44-46-43(30-15-6-2-7-16-30)47-45(48-44)36-21-12-20-35-34-19-10-11-22-39(34)49(42(35)36)33-17-8-3-9-18-33;1-3-14-28(15-4-1)41-44-42(35-22-11-20-32-31-19-9-10-24-37(31)47(38(32)35)29-16-5-2-6-17-29)46-43(45-41)36-23-12-21-33-34-26-25-27-13-7-8-18-30(27)39(34)48-40(33)36;1-3-13-28(14-4-1)41-44-42(29-23-24-33-35-25-22-27-12-7-8-17-31(27)40(35)48-38(33)26-29)46-43(45-41)36-20-11-19-34-32-18-9-10-21-37(32)47(39(34)36)30-15-5-2-6-16-30/h1-28H;2*1-26H. The van der Waals surface area contributed by atoms with Crippen molar-refractivity contribution in [1.82, 2.24) is 58.6 Å². The number of hydrogen-bond acceptors (Lipinski definition) is 12. The second-order valence-electron chi connectivity index (χ2n) is 36.5. The van der Waals surface area contributed by atoms with Gasteiger partial charge in [0.2, 0.25) is 0 Å². The third-order valence-corrected chi connectivity index (χ3v) is 30.3. The Morgan fingerprint density at radius 3 is 0.932 bits per heavy atom. The molecule has 0 atom stereocenters. The van der Waals surface area contributed by atoms with Crippen LogP contribution in [0.15, 0.2) is 490 Å². The van der Waals surface area contributed by atoms with Gasteiger partial charge in [-0.3, -0.25) is 0 Å². The molecule has 21 aromatic carbocycles. The minimum atomic E-state index is 0.562. The SMILES string of the molecule is c1ccc(-c2ccc3sc4ccc(-c5nc(-c6ccccc6)nc(-c6cccc7c8ccccc8n(-c8ccccc8)c67)n5)cc4c3c2)cc1.c1ccc(-c2nc(-c3ccc4c(c3)sc3c5ccccc5ccc43)nc(-c3cccc4c5ccccc5n(-c5ccccc5)c34)n2)cc1.c1ccc(-c2nc(-c3cccc4c3oc3c5ccccc5ccc43)nc(-c3cccc4c5ccccc5n(-c5ccccc5)c34)n2)cc1. The highest BCUT2D eigenvalue weighted by Gasteiger charge is 2.28. The first-order chi connectivity index (χ1) is 72.4. The van der Waals surface area contributed by atoms with Gasteiger partial charge in [0.15, 0.2) is 52.4 Å². The molecule has 0 bridgehead atoms. The van der Waals surface area contributed by atoms with Crippen molar-refractivity contribution >= 4 is 172 Å². The van der Waals surface area contributed by atoms with E-state index in [1.165, 1.54) is 78.4 Å². The van der Waals surface area contributed by atoms with Crippen LogP contribution in [-0.4, -0.2) is 58.6 Å². The molecule has 0 radical (unpaired) electrons. The lowest BCUT2D eigenvalue weighted by molar-refractivity contribution is 0.673. The third-order valence-electron chi connectivity index (χ3n) is 27.9. The summed E-state index contributed by atoms with van der Waals surface area (Å²) in [6.07, 6.45) is 0. The van der Waals surface area contributed by atoms with E-state index >= 15 is 0 Å². The van der Waals surface area contributed by atoms with E-state index in [2.05, 4.69) is 420 Å². The van der Waals surface area contributed by atoms with Gasteiger partial charge in [0.05, 0.1) is 38.7 Å². The number of rotatable bonds is 13. The number of hydrogen-bond donors (Lipinski definition) is 0. The summed E-state index contributed by atoms with van der Waals surface area (Å²) in [4.78, 5) is 46.5. The molecule has 0 fully saturated rings. The Morgan fingerprint density at radius 1 is 0.164 bits per heavy atom. The van der Waals surface area contributed by atoms with Gasteiger partial charge in [-0.1, -0.05) is 364 Å². The van der Waals surface area contributed by atoms with E-state index in [-0.39, 0.29) is 0 Å². The molecule has 0 saturated heterocycles. The zero-order valence-corrected chi connectivity index (χ0v) is 79.9. The van der Waals surface area contributed by atoms with Gasteiger partial charge in [-0.05, 0) is 149 Å². The van der Waals surface area contributed by atoms with Gasteiger partial charge in [-0.15, -0.1) is 22.7 Å². The summed E-state index contributed by atoms with van der Waals surface area (Å²) in [6.45, 7) is 0. The van der Waals surface area contributed by atoms with Crippen molar-refractivity contribution in [3.05, 3.63) is 485 Å². The molecule has 9 aromatic heterocycles. The lowest BCUT2D eigenvalue weighted by atomic mass is 10.0. The maximum absolute atomic E-state index is 6.72. The Hall–Kier alpha value is -19.2. The molecule has 0 unspecified atom stereocenters. The van der Waals surface area contributed by atoms with Crippen LogP contribution >= 0.6 is 22.7 Å². The fourth-order valence-electron chi connectivity index (χ4n) is 21.2. The molecule has 0 amide bonds. The summed E-state index contributed by atoms with van der Waals surface area (Å²) in [6, 6.07) is 169. The maximum atomic E-state index is 6.72. The Kier molecular flexibility index (Phi) is 20.7. The average molecular weight is 1900 g/mol. The van der Waals surface area contributed by atoms with Gasteiger partial charge in [-0.2, -0.15) is 0 Å². The van der Waals surface area contributed by atoms with Crippen molar-refractivity contribution in [3.63, 3.8) is 0 Å². The van der Waals surface area contributed by atoms with Crippen molar-refractivity contribution in [3.8, 4) is 131 Å². The molecule has 15 heteroatoms. The lowest BCUT2D eigenvalue weighted by Gasteiger charge is -2.12. The fourth-order valence-corrected chi connectivity index (χ4v) is 23.6. The summed E-state index contributed by atoms with van der Waals surface area (Å²) in [7, 11) is 0. The molecule has 146 heavy (non-hydrogen) atoms. The summed E-state index contributed by atoms with van der Waals surface area (Å²) in [5.41, 5.74) is 22.3. The molecule has 30 rings (SSSR count). The van der Waals surface area contributed by atoms with Gasteiger partial charge in [0, 0.05) is 150 Å². The first-order valence-corrected chi connectivity index (χ1v) is 50.4. The zero-order chi connectivity index (χ0) is 96.2. The lowest BCUT2D eigenvalue weighted by Crippen LogP contribution is -2.02. The highest BCUT2D eigenvalue weighted by Crippen LogP contribution is 2.48. The van der Waals surface area contributed by atoms with E-state index < -0.39 is 0 Å². The Balaban J connectivity index is 0.000000106. The Bertz CT molecular complexity index is 10400. The van der Waals surface area contributed by atoms with Crippen LogP contribution in [0, 0.1) is 0 Å². The zero-order valence-electron chi connectivity index (χ0n) is 78.3. The number of aromatic nitrogens is 12. The Morgan fingerprint density at radius 2 is 0.473 bits per heavy atom. The van der Waals surface area contributed by atoms with Crippen molar-refractivity contribution < 1.29 is 4.42 Å². The third kappa shape index (κ3) is 14.7. The van der Waals surface area contributed by atoms with Crippen LogP contribution in [0.4, 0.5) is 0 Å². The monoisotopic (exact) mass is 1900 g/mol. The largest absolute Gasteiger partial charge is 0.455 e. The molecular weight excluding hydrogens is 1820 g/mol. The van der Waals surface area contributed by atoms with Crippen LogP contribution in [0.3, 0.4) is 0 Å². The molecule has 0 aliphatic carbocycles. The van der Waals surface area contributed by atoms with Crippen LogP contribution in [-0.2, 0) is 0 Å². The number of thiophene rings is 2. The van der Waals surface area contributed by atoms with E-state index in [4.69, 9.17) is 49.3 Å². The van der Waals surface area contributed by atoms with Gasteiger partial charge in [-0.25, -0.2) is 44.9 Å². The molecule has 30 aromatic rings. The Labute approximate surface area is 844 Å². The highest BCUT2D eigenvalue weighted by molar-refractivity contribution is 7.27. The van der Waals surface area contributed by atoms with Crippen LogP contribution < -0.4 is 0 Å². The number of furan rings is 1. The molecule has 0 spiro atoms. The van der Waals surface area contributed by atoms with E-state index in [0.717, 1.165) is 149 Å². The predicted octanol–water partition coefficient (Wildman–Crippen LogP) is 34.5. The van der Waals surface area contributed by atoms with Crippen molar-refractivity contribution in [2.75, 3.05) is 0 Å². The summed E-state index contributed by atoms with van der Waals surface area (Å²) in [5.74, 6) is 5.65. The van der Waals surface area contributed by atoms with Crippen LogP contribution in [0.1, 0.15) is 0 Å². The van der Waals surface area contributed by atoms with E-state index in [9.17, 15) is 0 Å². The highest BCUT2D eigenvalue weighted by atomic mass is 32.1. The van der Waals surface area contributed by atoms with Gasteiger partial charge >= 0.3 is 0 Å². The predicted molar refractivity (Wildman–Crippen MR) is 605 cm³/mol. The number of fused-ring (bicyclic) bond motifs is 22. The first-order valence-electron chi connectivity index (χ1n) is 48.8. The van der Waals surface area contributed by atoms with E-state index in [0.29, 0.717) is 52.4 Å². The number of para-hydroxylation sites is 10.